The molecule has 0 aliphatic carbocycles. The molecule has 5 nitrogen and oxygen atoms in total. The van der Waals surface area contributed by atoms with Crippen LogP contribution in [-0.4, -0.2) is 29.4 Å². The average molecular weight is 277 g/mol. The molecule has 0 bridgehead atoms. The summed E-state index contributed by atoms with van der Waals surface area (Å²) in [6, 6.07) is 7.46. The lowest BCUT2D eigenvalue weighted by molar-refractivity contribution is -0.127. The number of hydrogen-bond donors (Lipinski definition) is 4. The topological polar surface area (TPSA) is 85.2 Å². The summed E-state index contributed by atoms with van der Waals surface area (Å²) in [4.78, 5) is 11.8. The van der Waals surface area contributed by atoms with Crippen LogP contribution in [0.25, 0.3) is 0 Å². The quantitative estimate of drug-likeness (QED) is 0.500. The molecule has 0 aliphatic heterocycles. The summed E-state index contributed by atoms with van der Waals surface area (Å²) in [6.07, 6.45) is 0. The second-order valence-corrected chi connectivity index (χ2v) is 6.02. The van der Waals surface area contributed by atoms with E-state index in [9.17, 15) is 10.0 Å². The van der Waals surface area contributed by atoms with Crippen LogP contribution in [0.4, 0.5) is 0 Å². The van der Waals surface area contributed by atoms with Gasteiger partial charge in [-0.25, -0.2) is 0 Å². The Morgan fingerprint density at radius 2 is 1.65 bits per heavy atom. The maximum absolute atomic E-state index is 11.8. The number of hydrogen-bond acceptors (Lipinski definition) is 4. The molecule has 1 unspecified atom stereocenters. The third-order valence-electron chi connectivity index (χ3n) is 3.44. The molecule has 0 fully saturated rings. The van der Waals surface area contributed by atoms with Crippen molar-refractivity contribution in [3.63, 3.8) is 0 Å². The Kier molecular flexibility index (Phi) is 4.68. The SMILES string of the molecule is CNC(=O)C(C)(NO)C(=N)c1ccc(C(C)(C)C)cc1. The summed E-state index contributed by atoms with van der Waals surface area (Å²) >= 11 is 0. The molecule has 1 aromatic rings. The molecule has 1 rings (SSSR count). The van der Waals surface area contributed by atoms with Crippen molar-refractivity contribution in [1.82, 2.24) is 10.8 Å². The number of rotatable bonds is 4. The molecule has 5 heteroatoms. The number of carbonyl (C=O) groups excluding carboxylic acids is 1. The summed E-state index contributed by atoms with van der Waals surface area (Å²) in [5.74, 6) is -0.468. The monoisotopic (exact) mass is 277 g/mol. The first-order valence-electron chi connectivity index (χ1n) is 6.50. The summed E-state index contributed by atoms with van der Waals surface area (Å²) in [5, 5.41) is 19.9. The highest BCUT2D eigenvalue weighted by Crippen LogP contribution is 2.23. The first-order valence-corrected chi connectivity index (χ1v) is 6.50. The van der Waals surface area contributed by atoms with Gasteiger partial charge in [-0.05, 0) is 23.5 Å². The Morgan fingerprint density at radius 1 is 1.15 bits per heavy atom. The van der Waals surface area contributed by atoms with Crippen LogP contribution in [-0.2, 0) is 10.2 Å². The lowest BCUT2D eigenvalue weighted by Gasteiger charge is -2.27. The first-order chi connectivity index (χ1) is 9.16. The van der Waals surface area contributed by atoms with Gasteiger partial charge in [-0.3, -0.25) is 4.79 Å². The number of nitrogens with one attached hydrogen (secondary N) is 3. The van der Waals surface area contributed by atoms with Crippen molar-refractivity contribution in [1.29, 1.82) is 5.41 Å². The number of benzene rings is 1. The Labute approximate surface area is 119 Å². The maximum atomic E-state index is 11.8. The van der Waals surface area contributed by atoms with E-state index in [2.05, 4.69) is 26.1 Å². The van der Waals surface area contributed by atoms with Crippen LogP contribution in [0.3, 0.4) is 0 Å². The lowest BCUT2D eigenvalue weighted by Crippen LogP contribution is -2.58. The van der Waals surface area contributed by atoms with Gasteiger partial charge in [0.25, 0.3) is 0 Å². The molecule has 1 atom stereocenters. The minimum Gasteiger partial charge on any atom is -0.357 e. The van der Waals surface area contributed by atoms with Crippen LogP contribution in [0, 0.1) is 5.41 Å². The fourth-order valence-corrected chi connectivity index (χ4v) is 1.90. The summed E-state index contributed by atoms with van der Waals surface area (Å²) in [6.45, 7) is 7.79. The third kappa shape index (κ3) is 3.05. The molecular formula is C15H23N3O2. The molecule has 110 valence electrons. The molecule has 0 radical (unpaired) electrons. The predicted octanol–water partition coefficient (Wildman–Crippen LogP) is 1.84. The van der Waals surface area contributed by atoms with Crippen molar-refractivity contribution >= 4 is 11.6 Å². The number of likely N-dealkylation sites (N-methyl/N-ethyl adjacent to an activating group) is 1. The zero-order valence-electron chi connectivity index (χ0n) is 12.7. The van der Waals surface area contributed by atoms with Crippen LogP contribution in [0.5, 0.6) is 0 Å². The van der Waals surface area contributed by atoms with E-state index in [1.54, 1.807) is 12.1 Å². The van der Waals surface area contributed by atoms with E-state index in [0.717, 1.165) is 5.56 Å². The van der Waals surface area contributed by atoms with Crippen molar-refractivity contribution in [2.45, 2.75) is 38.6 Å². The highest BCUT2D eigenvalue weighted by Gasteiger charge is 2.37. The second-order valence-electron chi connectivity index (χ2n) is 6.02. The highest BCUT2D eigenvalue weighted by atomic mass is 16.5. The van der Waals surface area contributed by atoms with E-state index in [4.69, 9.17) is 5.41 Å². The van der Waals surface area contributed by atoms with Gasteiger partial charge in [-0.15, -0.1) is 0 Å². The first kappa shape index (κ1) is 16.3. The normalized spacial score (nSPS) is 14.5. The summed E-state index contributed by atoms with van der Waals surface area (Å²) in [5.41, 5.74) is 2.24. The number of carbonyl (C=O) groups is 1. The van der Waals surface area contributed by atoms with Crippen LogP contribution in [0.15, 0.2) is 24.3 Å². The maximum Gasteiger partial charge on any atom is 0.248 e. The fourth-order valence-electron chi connectivity index (χ4n) is 1.90. The smallest absolute Gasteiger partial charge is 0.248 e. The van der Waals surface area contributed by atoms with Gasteiger partial charge in [0.15, 0.2) is 5.54 Å². The van der Waals surface area contributed by atoms with Crippen molar-refractivity contribution in [3.05, 3.63) is 35.4 Å². The van der Waals surface area contributed by atoms with E-state index < -0.39 is 11.4 Å². The minimum atomic E-state index is -1.47. The van der Waals surface area contributed by atoms with E-state index in [1.807, 2.05) is 17.6 Å². The number of amides is 1. The fraction of sp³-hybridized carbons (Fsp3) is 0.467. The third-order valence-corrected chi connectivity index (χ3v) is 3.44. The van der Waals surface area contributed by atoms with Gasteiger partial charge < -0.3 is 15.9 Å². The van der Waals surface area contributed by atoms with Crippen LogP contribution in [0.2, 0.25) is 0 Å². The van der Waals surface area contributed by atoms with Gasteiger partial charge in [-0.1, -0.05) is 45.0 Å². The molecule has 0 heterocycles. The van der Waals surface area contributed by atoms with Crippen LogP contribution in [0.1, 0.15) is 38.8 Å². The Hall–Kier alpha value is -1.72. The van der Waals surface area contributed by atoms with Gasteiger partial charge in [0, 0.05) is 7.05 Å². The highest BCUT2D eigenvalue weighted by molar-refractivity contribution is 6.18. The van der Waals surface area contributed by atoms with E-state index in [1.165, 1.54) is 14.0 Å². The second kappa shape index (κ2) is 5.73. The molecule has 0 saturated carbocycles. The molecule has 1 aromatic carbocycles. The zero-order chi connectivity index (χ0) is 15.6. The van der Waals surface area contributed by atoms with Crippen LogP contribution < -0.4 is 10.8 Å². The molecule has 0 spiro atoms. The summed E-state index contributed by atoms with van der Waals surface area (Å²) in [7, 11) is 1.47. The molecule has 0 aromatic heterocycles. The van der Waals surface area contributed by atoms with E-state index in [0.29, 0.717) is 5.56 Å². The van der Waals surface area contributed by atoms with Gasteiger partial charge in [0.2, 0.25) is 5.91 Å². The van der Waals surface area contributed by atoms with Crippen molar-refractivity contribution < 1.29 is 10.0 Å². The van der Waals surface area contributed by atoms with E-state index in [-0.39, 0.29) is 11.1 Å². The molecule has 20 heavy (non-hydrogen) atoms. The standard InChI is InChI=1S/C15H23N3O2/c1-14(2,3)11-8-6-10(7-9-11)12(16)15(4,18-20)13(19)17-5/h6-9,16,18,20H,1-5H3,(H,17,19). The number of hydroxylamine groups is 1. The van der Waals surface area contributed by atoms with Gasteiger partial charge in [0.1, 0.15) is 0 Å². The molecule has 0 saturated heterocycles. The Morgan fingerprint density at radius 3 is 2.00 bits per heavy atom. The van der Waals surface area contributed by atoms with Crippen LogP contribution >= 0.6 is 0 Å². The van der Waals surface area contributed by atoms with Gasteiger partial charge in [-0.2, -0.15) is 5.48 Å². The van der Waals surface area contributed by atoms with Crippen molar-refractivity contribution in [3.8, 4) is 0 Å². The van der Waals surface area contributed by atoms with Gasteiger partial charge >= 0.3 is 0 Å². The van der Waals surface area contributed by atoms with Gasteiger partial charge in [0.05, 0.1) is 5.71 Å². The molecular weight excluding hydrogens is 254 g/mol. The average Bonchev–Trinajstić information content (AvgIpc) is 2.43. The predicted molar refractivity (Wildman–Crippen MR) is 79.4 cm³/mol. The Balaban J connectivity index is 3.12. The van der Waals surface area contributed by atoms with Crippen molar-refractivity contribution in [2.75, 3.05) is 7.05 Å². The zero-order valence-corrected chi connectivity index (χ0v) is 12.7. The van der Waals surface area contributed by atoms with Crippen molar-refractivity contribution in [2.24, 2.45) is 0 Å². The molecule has 0 aliphatic rings. The Bertz CT molecular complexity index is 503. The minimum absolute atomic E-state index is 0.0137. The summed E-state index contributed by atoms with van der Waals surface area (Å²) < 4.78 is 0. The molecule has 1 amide bonds. The lowest BCUT2D eigenvalue weighted by atomic mass is 9.84. The largest absolute Gasteiger partial charge is 0.357 e. The van der Waals surface area contributed by atoms with E-state index >= 15 is 0 Å². The molecule has 4 N–H and O–H groups in total.